The van der Waals surface area contributed by atoms with Gasteiger partial charge >= 0.3 is 0 Å². The zero-order valence-electron chi connectivity index (χ0n) is 15.8. The molecule has 0 radical (unpaired) electrons. The molecule has 0 aromatic carbocycles. The Bertz CT molecular complexity index is 1090. The Morgan fingerprint density at radius 3 is 2.86 bits per heavy atom. The Balaban J connectivity index is 1.52. The zero-order chi connectivity index (χ0) is 20.2. The van der Waals surface area contributed by atoms with Gasteiger partial charge in [-0.1, -0.05) is 11.8 Å². The van der Waals surface area contributed by atoms with E-state index in [0.29, 0.717) is 22.7 Å². The Labute approximate surface area is 175 Å². The minimum Gasteiger partial charge on any atom is -0.467 e. The number of hydrogen-bond donors (Lipinski definition) is 1. The van der Waals surface area contributed by atoms with Gasteiger partial charge in [-0.2, -0.15) is 0 Å². The molecule has 4 heterocycles. The van der Waals surface area contributed by atoms with E-state index in [1.54, 1.807) is 18.7 Å². The molecule has 0 aliphatic rings. The molecule has 0 aliphatic heterocycles. The summed E-state index contributed by atoms with van der Waals surface area (Å²) < 4.78 is 7.41. The molecule has 8 nitrogen and oxygen atoms in total. The van der Waals surface area contributed by atoms with Crippen molar-refractivity contribution in [2.45, 2.75) is 25.5 Å². The summed E-state index contributed by atoms with van der Waals surface area (Å²) in [4.78, 5) is 21.9. The molecular formula is C19H18N6O2S2. The molecule has 148 valence electrons. The van der Waals surface area contributed by atoms with Crippen LogP contribution in [0, 0.1) is 13.8 Å². The molecule has 4 aromatic rings. The molecule has 1 amide bonds. The Kier molecular flexibility index (Phi) is 5.72. The number of amides is 1. The van der Waals surface area contributed by atoms with Gasteiger partial charge in [0, 0.05) is 22.8 Å². The van der Waals surface area contributed by atoms with Crippen LogP contribution in [0.1, 0.15) is 16.3 Å². The molecule has 0 spiro atoms. The first-order valence-corrected chi connectivity index (χ1v) is 10.6. The lowest BCUT2D eigenvalue weighted by atomic mass is 10.2. The largest absolute Gasteiger partial charge is 0.467 e. The number of aryl methyl sites for hydroxylation is 2. The van der Waals surface area contributed by atoms with Gasteiger partial charge < -0.3 is 9.73 Å². The molecule has 0 saturated carbocycles. The van der Waals surface area contributed by atoms with Crippen LogP contribution in [0.5, 0.6) is 0 Å². The van der Waals surface area contributed by atoms with Gasteiger partial charge in [0.25, 0.3) is 0 Å². The minimum absolute atomic E-state index is 0.140. The number of nitrogens with one attached hydrogen (secondary N) is 1. The van der Waals surface area contributed by atoms with E-state index >= 15 is 0 Å². The highest BCUT2D eigenvalue weighted by Gasteiger charge is 2.17. The van der Waals surface area contributed by atoms with Gasteiger partial charge in [0.2, 0.25) is 5.91 Å². The molecule has 0 saturated heterocycles. The summed E-state index contributed by atoms with van der Waals surface area (Å²) in [6.45, 7) is 4.36. The predicted octanol–water partition coefficient (Wildman–Crippen LogP) is 3.79. The number of rotatable bonds is 7. The summed E-state index contributed by atoms with van der Waals surface area (Å²) >= 11 is 2.78. The minimum atomic E-state index is -0.140. The maximum Gasteiger partial charge on any atom is 0.236 e. The monoisotopic (exact) mass is 426 g/mol. The lowest BCUT2D eigenvalue weighted by Gasteiger charge is -2.08. The third kappa shape index (κ3) is 4.54. The second kappa shape index (κ2) is 8.58. The Morgan fingerprint density at radius 1 is 1.28 bits per heavy atom. The summed E-state index contributed by atoms with van der Waals surface area (Å²) in [5.41, 5.74) is 1.77. The molecular weight excluding hydrogens is 408 g/mol. The van der Waals surface area contributed by atoms with E-state index in [1.165, 1.54) is 23.1 Å². The van der Waals surface area contributed by atoms with Crippen molar-refractivity contribution in [3.8, 4) is 11.4 Å². The fourth-order valence-electron chi connectivity index (χ4n) is 2.62. The second-order valence-corrected chi connectivity index (χ2v) is 8.36. The van der Waals surface area contributed by atoms with E-state index < -0.39 is 0 Å². The third-order valence-corrected chi connectivity index (χ3v) is 6.09. The summed E-state index contributed by atoms with van der Waals surface area (Å²) in [5, 5.41) is 12.7. The fourth-order valence-corrected chi connectivity index (χ4v) is 4.19. The number of nitrogens with zero attached hydrogens (tertiary/aromatic N) is 5. The number of aromatic nitrogens is 5. The van der Waals surface area contributed by atoms with E-state index in [9.17, 15) is 4.79 Å². The van der Waals surface area contributed by atoms with Gasteiger partial charge in [0.15, 0.2) is 16.1 Å². The summed E-state index contributed by atoms with van der Waals surface area (Å²) in [5.74, 6) is 1.50. The number of hydrogen-bond acceptors (Lipinski definition) is 8. The van der Waals surface area contributed by atoms with Gasteiger partial charge in [0.1, 0.15) is 5.76 Å². The van der Waals surface area contributed by atoms with Crippen molar-refractivity contribution < 1.29 is 9.21 Å². The molecule has 0 unspecified atom stereocenters. The van der Waals surface area contributed by atoms with Gasteiger partial charge in [-0.25, -0.2) is 4.98 Å². The van der Waals surface area contributed by atoms with E-state index in [-0.39, 0.29) is 11.7 Å². The average Bonchev–Trinajstić information content (AvgIpc) is 3.43. The maximum absolute atomic E-state index is 12.4. The molecule has 0 fully saturated rings. The Morgan fingerprint density at radius 2 is 2.17 bits per heavy atom. The molecule has 1 N–H and O–H groups in total. The topological polar surface area (TPSA) is 98.7 Å². The molecule has 4 aromatic heterocycles. The van der Waals surface area contributed by atoms with Crippen LogP contribution in [-0.2, 0) is 11.3 Å². The highest BCUT2D eigenvalue weighted by molar-refractivity contribution is 7.99. The van der Waals surface area contributed by atoms with Crippen LogP contribution >= 0.6 is 23.1 Å². The van der Waals surface area contributed by atoms with Gasteiger partial charge in [-0.05, 0) is 38.1 Å². The quantitative estimate of drug-likeness (QED) is 0.449. The first-order valence-electron chi connectivity index (χ1n) is 8.83. The lowest BCUT2D eigenvalue weighted by molar-refractivity contribution is -0.113. The molecule has 0 aliphatic carbocycles. The molecule has 29 heavy (non-hydrogen) atoms. The number of anilines is 1. The van der Waals surface area contributed by atoms with E-state index in [4.69, 9.17) is 4.42 Å². The van der Waals surface area contributed by atoms with Crippen LogP contribution in [0.2, 0.25) is 0 Å². The Hall–Kier alpha value is -2.98. The maximum atomic E-state index is 12.4. The van der Waals surface area contributed by atoms with Crippen molar-refractivity contribution in [3.05, 3.63) is 59.3 Å². The van der Waals surface area contributed by atoms with Crippen LogP contribution in [0.3, 0.4) is 0 Å². The number of furan rings is 1. The summed E-state index contributed by atoms with van der Waals surface area (Å²) in [6.07, 6.45) is 5.07. The number of carbonyl (C=O) groups is 1. The van der Waals surface area contributed by atoms with Gasteiger partial charge in [0.05, 0.1) is 24.3 Å². The van der Waals surface area contributed by atoms with E-state index in [2.05, 4.69) is 25.5 Å². The van der Waals surface area contributed by atoms with Gasteiger partial charge in [-0.15, -0.1) is 21.5 Å². The average molecular weight is 427 g/mol. The van der Waals surface area contributed by atoms with Crippen molar-refractivity contribution >= 4 is 34.1 Å². The SMILES string of the molecule is Cc1nc(NC(=O)CSc2nnc(-c3cccnc3)n2Cc2ccco2)sc1C. The fraction of sp³-hybridized carbons (Fsp3) is 0.211. The second-order valence-electron chi connectivity index (χ2n) is 6.21. The number of carbonyl (C=O) groups excluding carboxylic acids is 1. The van der Waals surface area contributed by atoms with Crippen LogP contribution < -0.4 is 5.32 Å². The summed E-state index contributed by atoms with van der Waals surface area (Å²) in [6, 6.07) is 7.49. The van der Waals surface area contributed by atoms with Gasteiger partial charge in [-0.3, -0.25) is 14.3 Å². The molecule has 10 heteroatoms. The standard InChI is InChI=1S/C19H18N6O2S2/c1-12-13(2)29-18(21-12)22-16(26)11-28-19-24-23-17(14-5-3-7-20-9-14)25(19)10-15-6-4-8-27-15/h3-9H,10-11H2,1-2H3,(H,21,22,26). The molecule has 0 atom stereocenters. The van der Waals surface area contributed by atoms with Crippen LogP contribution in [0.15, 0.2) is 52.5 Å². The number of pyridine rings is 1. The zero-order valence-corrected chi connectivity index (χ0v) is 17.5. The van der Waals surface area contributed by atoms with E-state index in [1.807, 2.05) is 42.7 Å². The summed E-state index contributed by atoms with van der Waals surface area (Å²) in [7, 11) is 0. The van der Waals surface area contributed by atoms with Crippen molar-refractivity contribution in [2.75, 3.05) is 11.1 Å². The van der Waals surface area contributed by atoms with Crippen molar-refractivity contribution in [1.82, 2.24) is 24.7 Å². The van der Waals surface area contributed by atoms with Crippen molar-refractivity contribution in [1.29, 1.82) is 0 Å². The van der Waals surface area contributed by atoms with Crippen LogP contribution in [-0.4, -0.2) is 36.4 Å². The lowest BCUT2D eigenvalue weighted by Crippen LogP contribution is -2.14. The number of thioether (sulfide) groups is 1. The smallest absolute Gasteiger partial charge is 0.236 e. The van der Waals surface area contributed by atoms with Crippen LogP contribution in [0.25, 0.3) is 11.4 Å². The molecule has 0 bridgehead atoms. The van der Waals surface area contributed by atoms with Crippen LogP contribution in [0.4, 0.5) is 5.13 Å². The first kappa shape index (κ1) is 19.3. The predicted molar refractivity (Wildman–Crippen MR) is 112 cm³/mol. The normalized spacial score (nSPS) is 11.0. The molecule has 4 rings (SSSR count). The van der Waals surface area contributed by atoms with Crippen molar-refractivity contribution in [3.63, 3.8) is 0 Å². The highest BCUT2D eigenvalue weighted by atomic mass is 32.2. The highest BCUT2D eigenvalue weighted by Crippen LogP contribution is 2.26. The van der Waals surface area contributed by atoms with E-state index in [0.717, 1.165) is 21.9 Å². The van der Waals surface area contributed by atoms with Crippen molar-refractivity contribution in [2.24, 2.45) is 0 Å². The first-order chi connectivity index (χ1) is 14.1. The number of thiazole rings is 1. The third-order valence-electron chi connectivity index (χ3n) is 4.14.